The van der Waals surface area contributed by atoms with Crippen molar-refractivity contribution >= 4 is 34.2 Å². The van der Waals surface area contributed by atoms with Crippen molar-refractivity contribution in [2.45, 2.75) is 13.8 Å². The summed E-state index contributed by atoms with van der Waals surface area (Å²) in [6.07, 6.45) is 0. The molecule has 0 amide bonds. The number of hydrogen-bond donors (Lipinski definition) is 1. The van der Waals surface area contributed by atoms with E-state index in [4.69, 9.17) is 10.5 Å². The normalized spacial score (nSPS) is 9.93. The number of anilines is 1. The zero-order valence-corrected chi connectivity index (χ0v) is 10.3. The second kappa shape index (κ2) is 4.63. The lowest BCUT2D eigenvalue weighted by Crippen LogP contribution is -2.10. The van der Waals surface area contributed by atoms with Gasteiger partial charge in [0.05, 0.1) is 12.2 Å². The molecular formula is C10H12INO2. The Hall–Kier alpha value is -0.780. The maximum atomic E-state index is 11.5. The minimum Gasteiger partial charge on any atom is -0.462 e. The summed E-state index contributed by atoms with van der Waals surface area (Å²) in [5.41, 5.74) is 7.56. The molecule has 0 aromatic heterocycles. The van der Waals surface area contributed by atoms with Crippen molar-refractivity contribution in [1.29, 1.82) is 0 Å². The molecule has 0 fully saturated rings. The van der Waals surface area contributed by atoms with Crippen LogP contribution >= 0.6 is 22.6 Å². The van der Waals surface area contributed by atoms with Gasteiger partial charge >= 0.3 is 5.97 Å². The molecule has 0 saturated carbocycles. The number of hydrogen-bond acceptors (Lipinski definition) is 3. The Morgan fingerprint density at radius 3 is 2.71 bits per heavy atom. The predicted molar refractivity (Wildman–Crippen MR) is 64.3 cm³/mol. The second-order valence-electron chi connectivity index (χ2n) is 2.91. The van der Waals surface area contributed by atoms with E-state index in [9.17, 15) is 4.79 Å². The Morgan fingerprint density at radius 2 is 2.21 bits per heavy atom. The summed E-state index contributed by atoms with van der Waals surface area (Å²) >= 11 is 2.16. The molecule has 3 nitrogen and oxygen atoms in total. The van der Waals surface area contributed by atoms with E-state index >= 15 is 0 Å². The number of ether oxygens (including phenoxy) is 1. The Labute approximate surface area is 96.8 Å². The van der Waals surface area contributed by atoms with Gasteiger partial charge in [-0.25, -0.2) is 4.79 Å². The van der Waals surface area contributed by atoms with Gasteiger partial charge in [-0.1, -0.05) is 0 Å². The lowest BCUT2D eigenvalue weighted by atomic mass is 10.1. The van der Waals surface area contributed by atoms with Crippen LogP contribution in [0.25, 0.3) is 0 Å². The number of nitrogen functional groups attached to an aromatic ring is 1. The van der Waals surface area contributed by atoms with Crippen LogP contribution in [0.5, 0.6) is 0 Å². The van der Waals surface area contributed by atoms with Gasteiger partial charge in [-0.05, 0) is 54.1 Å². The third kappa shape index (κ3) is 2.37. The van der Waals surface area contributed by atoms with Crippen LogP contribution in [0.4, 0.5) is 5.69 Å². The molecule has 0 radical (unpaired) electrons. The molecule has 14 heavy (non-hydrogen) atoms. The number of benzene rings is 1. The van der Waals surface area contributed by atoms with Crippen molar-refractivity contribution in [1.82, 2.24) is 0 Å². The second-order valence-corrected chi connectivity index (χ2v) is 4.15. The molecule has 0 atom stereocenters. The highest BCUT2D eigenvalue weighted by Crippen LogP contribution is 2.21. The van der Waals surface area contributed by atoms with E-state index in [2.05, 4.69) is 22.6 Å². The highest BCUT2D eigenvalue weighted by Gasteiger charge is 2.14. The number of carbonyl (C=O) groups is 1. The van der Waals surface area contributed by atoms with Crippen molar-refractivity contribution < 1.29 is 9.53 Å². The molecule has 1 rings (SSSR count). The Kier molecular flexibility index (Phi) is 3.74. The standard InChI is InChI=1S/C10H12INO2/c1-3-14-10(13)9-6(2)4-7(11)5-8(9)12/h4-5H,3,12H2,1-2H3. The molecule has 0 aliphatic rings. The van der Waals surface area contributed by atoms with Gasteiger partial charge in [-0.3, -0.25) is 0 Å². The summed E-state index contributed by atoms with van der Waals surface area (Å²) in [4.78, 5) is 11.5. The first-order valence-corrected chi connectivity index (χ1v) is 5.37. The zero-order valence-electron chi connectivity index (χ0n) is 8.13. The third-order valence-corrected chi connectivity index (χ3v) is 2.43. The Morgan fingerprint density at radius 1 is 1.57 bits per heavy atom. The van der Waals surface area contributed by atoms with Crippen molar-refractivity contribution in [2.75, 3.05) is 12.3 Å². The van der Waals surface area contributed by atoms with E-state index in [1.54, 1.807) is 13.0 Å². The molecule has 2 N–H and O–H groups in total. The van der Waals surface area contributed by atoms with E-state index < -0.39 is 0 Å². The molecule has 0 saturated heterocycles. The van der Waals surface area contributed by atoms with E-state index in [1.807, 2.05) is 13.0 Å². The van der Waals surface area contributed by atoms with Crippen molar-refractivity contribution in [3.05, 3.63) is 26.8 Å². The third-order valence-electron chi connectivity index (χ3n) is 1.81. The monoisotopic (exact) mass is 305 g/mol. The molecule has 1 aromatic rings. The average Bonchev–Trinajstić information content (AvgIpc) is 2.01. The lowest BCUT2D eigenvalue weighted by molar-refractivity contribution is 0.0527. The fraction of sp³-hybridized carbons (Fsp3) is 0.300. The van der Waals surface area contributed by atoms with Gasteiger partial charge < -0.3 is 10.5 Å². The molecular weight excluding hydrogens is 293 g/mol. The number of esters is 1. The van der Waals surface area contributed by atoms with Crippen molar-refractivity contribution in [3.8, 4) is 0 Å². The largest absolute Gasteiger partial charge is 0.462 e. The lowest BCUT2D eigenvalue weighted by Gasteiger charge is -2.08. The van der Waals surface area contributed by atoms with Gasteiger partial charge in [0.25, 0.3) is 0 Å². The van der Waals surface area contributed by atoms with Gasteiger partial charge in [0.15, 0.2) is 0 Å². The molecule has 0 bridgehead atoms. The number of halogens is 1. The number of aryl methyl sites for hydroxylation is 1. The maximum absolute atomic E-state index is 11.5. The highest BCUT2D eigenvalue weighted by molar-refractivity contribution is 14.1. The number of nitrogens with two attached hydrogens (primary N) is 1. The molecule has 0 heterocycles. The van der Waals surface area contributed by atoms with Crippen LogP contribution in [0, 0.1) is 10.5 Å². The van der Waals surface area contributed by atoms with Crippen LogP contribution in [0.3, 0.4) is 0 Å². The highest BCUT2D eigenvalue weighted by atomic mass is 127. The van der Waals surface area contributed by atoms with Crippen molar-refractivity contribution in [3.63, 3.8) is 0 Å². The summed E-state index contributed by atoms with van der Waals surface area (Å²) < 4.78 is 5.93. The molecule has 0 unspecified atom stereocenters. The first-order valence-electron chi connectivity index (χ1n) is 4.29. The maximum Gasteiger partial charge on any atom is 0.340 e. The van der Waals surface area contributed by atoms with Crippen LogP contribution < -0.4 is 5.73 Å². The van der Waals surface area contributed by atoms with Crippen LogP contribution in [0.2, 0.25) is 0 Å². The average molecular weight is 305 g/mol. The summed E-state index contributed by atoms with van der Waals surface area (Å²) in [5, 5.41) is 0. The van der Waals surface area contributed by atoms with Gasteiger partial charge in [0.1, 0.15) is 0 Å². The first kappa shape index (κ1) is 11.3. The smallest absolute Gasteiger partial charge is 0.340 e. The topological polar surface area (TPSA) is 52.3 Å². The number of rotatable bonds is 2. The Bertz CT molecular complexity index is 340. The van der Waals surface area contributed by atoms with E-state index in [0.29, 0.717) is 17.9 Å². The van der Waals surface area contributed by atoms with Crippen LogP contribution in [0.1, 0.15) is 22.8 Å². The molecule has 76 valence electrons. The Balaban J connectivity index is 3.14. The van der Waals surface area contributed by atoms with E-state index in [1.165, 1.54) is 0 Å². The minimum absolute atomic E-state index is 0.348. The summed E-state index contributed by atoms with van der Waals surface area (Å²) in [5.74, 6) is -0.348. The number of carbonyl (C=O) groups excluding carboxylic acids is 1. The molecule has 0 aliphatic heterocycles. The fourth-order valence-electron chi connectivity index (χ4n) is 1.25. The summed E-state index contributed by atoms with van der Waals surface area (Å²) in [6.45, 7) is 3.99. The molecule has 1 aromatic carbocycles. The summed E-state index contributed by atoms with van der Waals surface area (Å²) in [7, 11) is 0. The van der Waals surface area contributed by atoms with E-state index in [0.717, 1.165) is 9.13 Å². The van der Waals surface area contributed by atoms with Gasteiger partial charge in [0, 0.05) is 9.26 Å². The first-order chi connectivity index (χ1) is 6.56. The van der Waals surface area contributed by atoms with E-state index in [-0.39, 0.29) is 5.97 Å². The van der Waals surface area contributed by atoms with Crippen LogP contribution in [-0.2, 0) is 4.74 Å². The van der Waals surface area contributed by atoms with Gasteiger partial charge in [-0.2, -0.15) is 0 Å². The fourth-order valence-corrected chi connectivity index (χ4v) is 2.05. The molecule has 0 spiro atoms. The quantitative estimate of drug-likeness (QED) is 0.518. The molecule has 0 aliphatic carbocycles. The van der Waals surface area contributed by atoms with Crippen LogP contribution in [0.15, 0.2) is 12.1 Å². The zero-order chi connectivity index (χ0) is 10.7. The predicted octanol–water partition coefficient (Wildman–Crippen LogP) is 2.36. The SMILES string of the molecule is CCOC(=O)c1c(C)cc(I)cc1N. The van der Waals surface area contributed by atoms with Gasteiger partial charge in [0.2, 0.25) is 0 Å². The molecule has 4 heteroatoms. The van der Waals surface area contributed by atoms with Gasteiger partial charge in [-0.15, -0.1) is 0 Å². The van der Waals surface area contributed by atoms with Crippen molar-refractivity contribution in [2.24, 2.45) is 0 Å². The van der Waals surface area contributed by atoms with Crippen LogP contribution in [-0.4, -0.2) is 12.6 Å². The summed E-state index contributed by atoms with van der Waals surface area (Å²) in [6, 6.07) is 3.67. The minimum atomic E-state index is -0.348.